The molecule has 0 saturated carbocycles. The molecule has 0 bridgehead atoms. The number of halogens is 2. The van der Waals surface area contributed by atoms with Crippen LogP contribution in [0.15, 0.2) is 96.6 Å². The van der Waals surface area contributed by atoms with Gasteiger partial charge < -0.3 is 19.5 Å². The molecule has 0 atom stereocenters. The quantitative estimate of drug-likeness (QED) is 0.169. The number of carbonyl (C=O) groups excluding carboxylic acids is 4. The number of anilines is 2. The van der Waals surface area contributed by atoms with E-state index in [0.717, 1.165) is 10.5 Å². The molecular formula is C33H25ClFN3O7. The summed E-state index contributed by atoms with van der Waals surface area (Å²) in [6.45, 7) is -0.105. The van der Waals surface area contributed by atoms with E-state index in [1.807, 2.05) is 30.3 Å². The minimum absolute atomic E-state index is 0.0264. The van der Waals surface area contributed by atoms with Gasteiger partial charge in [0, 0.05) is 5.69 Å². The smallest absolute Gasteiger partial charge is 0.335 e. The van der Waals surface area contributed by atoms with Crippen LogP contribution in [0.5, 0.6) is 17.2 Å². The Morgan fingerprint density at radius 2 is 1.67 bits per heavy atom. The topological polar surface area (TPSA) is 123 Å². The van der Waals surface area contributed by atoms with E-state index in [-0.39, 0.29) is 33.3 Å². The number of rotatable bonds is 10. The van der Waals surface area contributed by atoms with Crippen molar-refractivity contribution in [2.45, 2.75) is 6.61 Å². The number of nitrogens with one attached hydrogen (secondary N) is 2. The predicted molar refractivity (Wildman–Crippen MR) is 165 cm³/mol. The third kappa shape index (κ3) is 7.46. The van der Waals surface area contributed by atoms with E-state index in [0.29, 0.717) is 18.0 Å². The van der Waals surface area contributed by atoms with E-state index in [1.165, 1.54) is 61.7 Å². The summed E-state index contributed by atoms with van der Waals surface area (Å²) in [5.41, 5.74) is 1.53. The molecule has 1 heterocycles. The number of imide groups is 2. The van der Waals surface area contributed by atoms with Crippen molar-refractivity contribution in [2.24, 2.45) is 0 Å². The zero-order chi connectivity index (χ0) is 31.9. The van der Waals surface area contributed by atoms with Gasteiger partial charge in [0.2, 0.25) is 0 Å². The Bertz CT molecular complexity index is 1780. The first-order valence-electron chi connectivity index (χ1n) is 13.5. The first-order valence-corrected chi connectivity index (χ1v) is 13.8. The summed E-state index contributed by atoms with van der Waals surface area (Å²) in [6, 6.07) is 23.0. The standard InChI is InChI=1S/C33H25ClFN3O7/c1-43-28-17-21(16-27(34)30(28)45-19-29(39)36-23-9-7-22(35)8-10-23)15-26-31(40)37-33(42)38(32(26)41)24-11-13-25(14-12-24)44-18-20-5-3-2-4-6-20/h2-17H,18-19H2,1H3,(H,36,39)(H,37,40,42)/b26-15-. The molecule has 1 aliphatic rings. The number of nitrogens with zero attached hydrogens (tertiary/aromatic N) is 1. The molecule has 12 heteroatoms. The summed E-state index contributed by atoms with van der Waals surface area (Å²) in [4.78, 5) is 51.9. The van der Waals surface area contributed by atoms with E-state index < -0.39 is 36.2 Å². The average Bonchev–Trinajstić information content (AvgIpc) is 3.03. The van der Waals surface area contributed by atoms with Crippen LogP contribution in [0.4, 0.5) is 20.6 Å². The van der Waals surface area contributed by atoms with Crippen LogP contribution in [0.25, 0.3) is 6.08 Å². The van der Waals surface area contributed by atoms with Gasteiger partial charge in [-0.1, -0.05) is 41.9 Å². The minimum Gasteiger partial charge on any atom is -0.493 e. The van der Waals surface area contributed by atoms with E-state index >= 15 is 0 Å². The van der Waals surface area contributed by atoms with Crippen molar-refractivity contribution in [2.75, 3.05) is 23.9 Å². The SMILES string of the molecule is COc1cc(/C=C2/C(=O)NC(=O)N(c3ccc(OCc4ccccc4)cc3)C2=O)cc(Cl)c1OCC(=O)Nc1ccc(F)cc1. The fourth-order valence-corrected chi connectivity index (χ4v) is 4.60. The molecule has 10 nitrogen and oxygen atoms in total. The monoisotopic (exact) mass is 629 g/mol. The Morgan fingerprint density at radius 1 is 0.956 bits per heavy atom. The summed E-state index contributed by atoms with van der Waals surface area (Å²) >= 11 is 6.42. The Kier molecular flexibility index (Phi) is 9.40. The van der Waals surface area contributed by atoms with Crippen LogP contribution in [0.1, 0.15) is 11.1 Å². The van der Waals surface area contributed by atoms with Crippen molar-refractivity contribution in [1.82, 2.24) is 5.32 Å². The number of barbiturate groups is 1. The van der Waals surface area contributed by atoms with Crippen molar-refractivity contribution >= 4 is 52.8 Å². The summed E-state index contributed by atoms with van der Waals surface area (Å²) < 4.78 is 29.8. The van der Waals surface area contributed by atoms with Gasteiger partial charge in [0.15, 0.2) is 18.1 Å². The molecule has 1 fully saturated rings. The van der Waals surface area contributed by atoms with Crippen LogP contribution in [-0.4, -0.2) is 37.5 Å². The molecule has 228 valence electrons. The molecule has 0 spiro atoms. The molecule has 0 radical (unpaired) electrons. The summed E-state index contributed by atoms with van der Waals surface area (Å²) in [5, 5.41) is 4.76. The molecule has 0 unspecified atom stereocenters. The molecule has 5 rings (SSSR count). The second kappa shape index (κ2) is 13.7. The Labute approximate surface area is 262 Å². The van der Waals surface area contributed by atoms with Gasteiger partial charge in [-0.3, -0.25) is 19.7 Å². The lowest BCUT2D eigenvalue weighted by atomic mass is 10.1. The number of amides is 5. The number of hydrogen-bond donors (Lipinski definition) is 2. The molecule has 4 aromatic carbocycles. The molecule has 45 heavy (non-hydrogen) atoms. The van der Waals surface area contributed by atoms with Gasteiger partial charge in [-0.25, -0.2) is 14.1 Å². The first kappa shape index (κ1) is 30.8. The highest BCUT2D eigenvalue weighted by Gasteiger charge is 2.37. The molecule has 4 aromatic rings. The number of carbonyl (C=O) groups is 4. The summed E-state index contributed by atoms with van der Waals surface area (Å²) in [6.07, 6.45) is 1.26. The van der Waals surface area contributed by atoms with Crippen molar-refractivity contribution in [3.05, 3.63) is 119 Å². The maximum atomic E-state index is 13.4. The van der Waals surface area contributed by atoms with Crippen molar-refractivity contribution < 1.29 is 37.8 Å². The van der Waals surface area contributed by atoms with Crippen molar-refractivity contribution in [3.63, 3.8) is 0 Å². The van der Waals surface area contributed by atoms with Crippen LogP contribution in [-0.2, 0) is 21.0 Å². The summed E-state index contributed by atoms with van der Waals surface area (Å²) in [7, 11) is 1.35. The lowest BCUT2D eigenvalue weighted by molar-refractivity contribution is -0.122. The van der Waals surface area contributed by atoms with Gasteiger partial charge >= 0.3 is 6.03 Å². The second-order valence-electron chi connectivity index (χ2n) is 9.60. The predicted octanol–water partition coefficient (Wildman–Crippen LogP) is 5.75. The zero-order valence-corrected chi connectivity index (χ0v) is 24.5. The van der Waals surface area contributed by atoms with Gasteiger partial charge in [0.25, 0.3) is 17.7 Å². The van der Waals surface area contributed by atoms with E-state index in [1.54, 1.807) is 12.1 Å². The van der Waals surface area contributed by atoms with Crippen LogP contribution in [0.2, 0.25) is 5.02 Å². The van der Waals surface area contributed by atoms with Crippen LogP contribution >= 0.6 is 11.6 Å². The van der Waals surface area contributed by atoms with E-state index in [9.17, 15) is 23.6 Å². The number of benzene rings is 4. The maximum absolute atomic E-state index is 13.4. The average molecular weight is 630 g/mol. The van der Waals surface area contributed by atoms with E-state index in [2.05, 4.69) is 10.6 Å². The molecule has 1 saturated heterocycles. The Hall–Kier alpha value is -5.68. The fraction of sp³-hybridized carbons (Fsp3) is 0.0909. The highest BCUT2D eigenvalue weighted by Crippen LogP contribution is 2.37. The normalized spacial score (nSPS) is 13.8. The number of ether oxygens (including phenoxy) is 3. The molecule has 0 aromatic heterocycles. The van der Waals surface area contributed by atoms with Gasteiger partial charge in [0.1, 0.15) is 23.7 Å². The number of hydrogen-bond acceptors (Lipinski definition) is 7. The number of urea groups is 1. The van der Waals surface area contributed by atoms with Gasteiger partial charge in [-0.15, -0.1) is 0 Å². The molecule has 1 aliphatic heterocycles. The van der Waals surface area contributed by atoms with Crippen molar-refractivity contribution in [3.8, 4) is 17.2 Å². The van der Waals surface area contributed by atoms with Crippen molar-refractivity contribution in [1.29, 1.82) is 0 Å². The lowest BCUT2D eigenvalue weighted by Crippen LogP contribution is -2.54. The Balaban J connectivity index is 1.30. The highest BCUT2D eigenvalue weighted by molar-refractivity contribution is 6.39. The zero-order valence-electron chi connectivity index (χ0n) is 23.7. The lowest BCUT2D eigenvalue weighted by Gasteiger charge is -2.26. The van der Waals surface area contributed by atoms with E-state index in [4.69, 9.17) is 25.8 Å². The molecule has 0 aliphatic carbocycles. The Morgan fingerprint density at radius 3 is 2.36 bits per heavy atom. The largest absolute Gasteiger partial charge is 0.493 e. The van der Waals surface area contributed by atoms with Gasteiger partial charge in [-0.05, 0) is 77.9 Å². The van der Waals surface area contributed by atoms with Gasteiger partial charge in [-0.2, -0.15) is 0 Å². The fourth-order valence-electron chi connectivity index (χ4n) is 4.32. The minimum atomic E-state index is -0.904. The van der Waals surface area contributed by atoms with Crippen LogP contribution in [0, 0.1) is 5.82 Å². The summed E-state index contributed by atoms with van der Waals surface area (Å²) in [5.74, 6) is -2.03. The highest BCUT2D eigenvalue weighted by atomic mass is 35.5. The molecule has 5 amide bonds. The third-order valence-corrected chi connectivity index (χ3v) is 6.76. The first-order chi connectivity index (χ1) is 21.7. The maximum Gasteiger partial charge on any atom is 0.335 e. The van der Waals surface area contributed by atoms with Crippen LogP contribution in [0.3, 0.4) is 0 Å². The molecular weight excluding hydrogens is 605 g/mol. The van der Waals surface area contributed by atoms with Crippen LogP contribution < -0.4 is 29.7 Å². The van der Waals surface area contributed by atoms with Gasteiger partial charge in [0.05, 0.1) is 17.8 Å². The number of methoxy groups -OCH3 is 1. The third-order valence-electron chi connectivity index (χ3n) is 6.48. The molecule has 2 N–H and O–H groups in total. The second-order valence-corrected chi connectivity index (χ2v) is 10.0.